The summed E-state index contributed by atoms with van der Waals surface area (Å²) < 4.78 is 13.5. The van der Waals surface area contributed by atoms with Crippen molar-refractivity contribution in [2.24, 2.45) is 11.8 Å². The Balaban J connectivity index is 1.27. The second-order valence-corrected chi connectivity index (χ2v) is 10.1. The summed E-state index contributed by atoms with van der Waals surface area (Å²) in [6.45, 7) is 6.91. The summed E-state index contributed by atoms with van der Waals surface area (Å²) in [7, 11) is 1.91. The number of hydrogen-bond donors (Lipinski definition) is 2. The van der Waals surface area contributed by atoms with Crippen molar-refractivity contribution in [2.75, 3.05) is 47.1 Å². The number of nitrogens with one attached hydrogen (secondary N) is 2. The number of benzene rings is 1. The number of aryl methyl sites for hydroxylation is 1. The average Bonchev–Trinajstić information content (AvgIpc) is 3.29. The van der Waals surface area contributed by atoms with E-state index in [1.807, 2.05) is 26.1 Å². The SMILES string of the molecule is CNc1nc(N[C@H]2C3CC[C@H]2CN(c2cc(C)ncn2)C3)nc2c1[C@H](C)CN2c1ccc(F)cc1. The largest absolute Gasteiger partial charge is 0.373 e. The van der Waals surface area contributed by atoms with Gasteiger partial charge in [0.05, 0.1) is 0 Å². The predicted octanol–water partition coefficient (Wildman–Crippen LogP) is 4.34. The Morgan fingerprint density at radius 2 is 1.74 bits per heavy atom. The van der Waals surface area contributed by atoms with Crippen LogP contribution in [0.4, 0.5) is 33.5 Å². The lowest BCUT2D eigenvalue weighted by Crippen LogP contribution is -2.48. The summed E-state index contributed by atoms with van der Waals surface area (Å²) in [6, 6.07) is 9.03. The van der Waals surface area contributed by atoms with Crippen LogP contribution in [0.2, 0.25) is 0 Å². The van der Waals surface area contributed by atoms with E-state index in [0.29, 0.717) is 23.8 Å². The Morgan fingerprint density at radius 1 is 1.00 bits per heavy atom. The van der Waals surface area contributed by atoms with Gasteiger partial charge in [-0.05, 0) is 55.9 Å². The Morgan fingerprint density at radius 3 is 2.43 bits per heavy atom. The highest BCUT2D eigenvalue weighted by Gasteiger charge is 2.43. The van der Waals surface area contributed by atoms with Gasteiger partial charge in [0.1, 0.15) is 29.6 Å². The van der Waals surface area contributed by atoms with Crippen LogP contribution in [0.5, 0.6) is 0 Å². The second-order valence-electron chi connectivity index (χ2n) is 10.1. The molecule has 0 radical (unpaired) electrons. The van der Waals surface area contributed by atoms with E-state index in [4.69, 9.17) is 9.97 Å². The molecule has 1 aliphatic carbocycles. The van der Waals surface area contributed by atoms with Crippen molar-refractivity contribution in [3.05, 3.63) is 53.7 Å². The molecule has 8 nitrogen and oxygen atoms in total. The van der Waals surface area contributed by atoms with Crippen LogP contribution in [0, 0.1) is 24.6 Å². The molecular formula is C26H31FN8. The van der Waals surface area contributed by atoms with Crippen molar-refractivity contribution in [3.8, 4) is 0 Å². The monoisotopic (exact) mass is 474 g/mol. The zero-order valence-electron chi connectivity index (χ0n) is 20.4. The number of hydrogen-bond acceptors (Lipinski definition) is 8. The van der Waals surface area contributed by atoms with Gasteiger partial charge in [-0.1, -0.05) is 6.92 Å². The van der Waals surface area contributed by atoms with E-state index >= 15 is 0 Å². The zero-order valence-corrected chi connectivity index (χ0v) is 20.4. The minimum atomic E-state index is -0.235. The number of fused-ring (bicyclic) bond motifs is 3. The summed E-state index contributed by atoms with van der Waals surface area (Å²) >= 11 is 0. The average molecular weight is 475 g/mol. The molecule has 4 atom stereocenters. The summed E-state index contributed by atoms with van der Waals surface area (Å²) in [4.78, 5) is 23.2. The summed E-state index contributed by atoms with van der Waals surface area (Å²) in [5.74, 6) is 4.47. The van der Waals surface area contributed by atoms with E-state index in [1.165, 1.54) is 25.0 Å². The van der Waals surface area contributed by atoms with E-state index in [2.05, 4.69) is 43.4 Å². The van der Waals surface area contributed by atoms with Crippen LogP contribution < -0.4 is 20.4 Å². The normalized spacial score (nSPS) is 25.0. The van der Waals surface area contributed by atoms with E-state index in [0.717, 1.165) is 54.0 Å². The van der Waals surface area contributed by atoms with Gasteiger partial charge >= 0.3 is 0 Å². The molecule has 182 valence electrons. The topological polar surface area (TPSA) is 82.1 Å². The number of nitrogens with zero attached hydrogens (tertiary/aromatic N) is 6. The lowest BCUT2D eigenvalue weighted by molar-refractivity contribution is 0.375. The fourth-order valence-corrected chi connectivity index (χ4v) is 6.08. The van der Waals surface area contributed by atoms with Crippen LogP contribution in [-0.2, 0) is 0 Å². The van der Waals surface area contributed by atoms with E-state index in [1.54, 1.807) is 6.33 Å². The third-order valence-electron chi connectivity index (χ3n) is 7.75. The molecule has 2 fully saturated rings. The van der Waals surface area contributed by atoms with Gasteiger partial charge in [-0.2, -0.15) is 9.97 Å². The van der Waals surface area contributed by atoms with Gasteiger partial charge in [0, 0.05) is 61.7 Å². The first-order chi connectivity index (χ1) is 17.0. The minimum Gasteiger partial charge on any atom is -0.373 e. The maximum absolute atomic E-state index is 13.5. The van der Waals surface area contributed by atoms with Crippen molar-refractivity contribution >= 4 is 29.1 Å². The van der Waals surface area contributed by atoms with Crippen LogP contribution in [0.25, 0.3) is 0 Å². The molecule has 6 rings (SSSR count). The van der Waals surface area contributed by atoms with Crippen LogP contribution in [0.1, 0.15) is 36.9 Å². The van der Waals surface area contributed by atoms with Crippen molar-refractivity contribution in [1.29, 1.82) is 0 Å². The first-order valence-corrected chi connectivity index (χ1v) is 12.4. The lowest BCUT2D eigenvalue weighted by atomic mass is 9.92. The Bertz CT molecular complexity index is 1220. The molecule has 4 heterocycles. The Labute approximate surface area is 205 Å². The molecule has 3 aromatic rings. The van der Waals surface area contributed by atoms with Crippen LogP contribution in [-0.4, -0.2) is 52.7 Å². The van der Waals surface area contributed by atoms with E-state index in [9.17, 15) is 4.39 Å². The fourth-order valence-electron chi connectivity index (χ4n) is 6.08. The molecule has 1 saturated carbocycles. The molecule has 2 aliphatic heterocycles. The molecule has 1 saturated heterocycles. The molecule has 9 heteroatoms. The third-order valence-corrected chi connectivity index (χ3v) is 7.75. The van der Waals surface area contributed by atoms with Gasteiger partial charge < -0.3 is 20.4 Å². The zero-order chi connectivity index (χ0) is 24.1. The maximum Gasteiger partial charge on any atom is 0.226 e. The van der Waals surface area contributed by atoms with Gasteiger partial charge in [0.15, 0.2) is 0 Å². The number of halogens is 1. The number of rotatable bonds is 5. The molecule has 2 N–H and O–H groups in total. The lowest BCUT2D eigenvalue weighted by Gasteiger charge is -2.39. The van der Waals surface area contributed by atoms with Crippen molar-refractivity contribution < 1.29 is 4.39 Å². The van der Waals surface area contributed by atoms with E-state index in [-0.39, 0.29) is 11.7 Å². The second kappa shape index (κ2) is 8.62. The summed E-state index contributed by atoms with van der Waals surface area (Å²) in [5.41, 5.74) is 3.05. The minimum absolute atomic E-state index is 0.235. The molecule has 3 aliphatic rings. The first-order valence-electron chi connectivity index (χ1n) is 12.4. The smallest absolute Gasteiger partial charge is 0.226 e. The molecule has 0 spiro atoms. The van der Waals surface area contributed by atoms with E-state index < -0.39 is 0 Å². The predicted molar refractivity (Wildman–Crippen MR) is 136 cm³/mol. The van der Waals surface area contributed by atoms with Crippen molar-refractivity contribution in [1.82, 2.24) is 19.9 Å². The molecule has 1 aromatic carbocycles. The highest BCUT2D eigenvalue weighted by Crippen LogP contribution is 2.44. The van der Waals surface area contributed by atoms with Gasteiger partial charge in [0.25, 0.3) is 0 Å². The molecular weight excluding hydrogens is 443 g/mol. The standard InChI is InChI=1S/C26H31FN8/c1-15-11-35(20-8-6-19(27)7-9-20)25-22(15)24(28-3)32-26(33-25)31-23-17-4-5-18(23)13-34(12-17)21-10-16(2)29-14-30-21/h6-10,14-15,17-18,23H,4-5,11-13H2,1-3H3,(H2,28,31,32,33)/t15-,17+,18?,23-/m1/s1. The van der Waals surface area contributed by atoms with Crippen LogP contribution >= 0.6 is 0 Å². The summed E-state index contributed by atoms with van der Waals surface area (Å²) in [5, 5.41) is 7.01. The number of aromatic nitrogens is 4. The first kappa shape index (κ1) is 22.0. The van der Waals surface area contributed by atoms with Gasteiger partial charge in [-0.15, -0.1) is 0 Å². The highest BCUT2D eigenvalue weighted by atomic mass is 19.1. The van der Waals surface area contributed by atoms with Crippen LogP contribution in [0.3, 0.4) is 0 Å². The summed E-state index contributed by atoms with van der Waals surface area (Å²) in [6.07, 6.45) is 4.03. The molecule has 2 bridgehead atoms. The molecule has 1 unspecified atom stereocenters. The number of anilines is 5. The third kappa shape index (κ3) is 3.92. The number of piperidine rings is 1. The van der Waals surface area contributed by atoms with Gasteiger partial charge in [-0.25, -0.2) is 14.4 Å². The maximum atomic E-state index is 13.5. The van der Waals surface area contributed by atoms with Gasteiger partial charge in [0.2, 0.25) is 5.95 Å². The molecule has 2 aromatic heterocycles. The molecule has 35 heavy (non-hydrogen) atoms. The van der Waals surface area contributed by atoms with Crippen molar-refractivity contribution in [3.63, 3.8) is 0 Å². The van der Waals surface area contributed by atoms with Crippen molar-refractivity contribution in [2.45, 2.75) is 38.6 Å². The highest BCUT2D eigenvalue weighted by molar-refractivity contribution is 5.74. The Hall–Kier alpha value is -3.49. The quantitative estimate of drug-likeness (QED) is 0.565. The fraction of sp³-hybridized carbons (Fsp3) is 0.462. The Kier molecular flexibility index (Phi) is 5.42. The molecule has 0 amide bonds. The van der Waals surface area contributed by atoms with Crippen LogP contribution in [0.15, 0.2) is 36.7 Å². The van der Waals surface area contributed by atoms with Gasteiger partial charge in [-0.3, -0.25) is 0 Å².